The second-order valence-electron chi connectivity index (χ2n) is 13.8. The number of carboxylic acid groups (broad SMARTS) is 3. The van der Waals surface area contributed by atoms with E-state index in [0.717, 1.165) is 21.9 Å². The van der Waals surface area contributed by atoms with Crippen LogP contribution in [-0.4, -0.2) is 151 Å². The normalized spacial score (nSPS) is 16.2. The minimum Gasteiger partial charge on any atom is -0.480 e. The number of carbonyl (C=O) groups excluding carboxylic acids is 2. The summed E-state index contributed by atoms with van der Waals surface area (Å²) in [5, 5.41) is 38.8. The Morgan fingerprint density at radius 3 is 1.78 bits per heavy atom. The zero-order valence-corrected chi connectivity index (χ0v) is 31.5. The van der Waals surface area contributed by atoms with E-state index >= 15 is 0 Å². The molecule has 3 aromatic carbocycles. The molecule has 1 aliphatic heterocycles. The van der Waals surface area contributed by atoms with Gasteiger partial charge in [0.15, 0.2) is 5.78 Å². The number of sulfonamides is 1. The molecule has 17 heteroatoms. The lowest BCUT2D eigenvalue weighted by molar-refractivity contribution is -0.140. The number of carbonyl (C=O) groups is 5. The largest absolute Gasteiger partial charge is 0.480 e. The van der Waals surface area contributed by atoms with E-state index < -0.39 is 39.9 Å². The molecule has 298 valence electrons. The fourth-order valence-corrected chi connectivity index (χ4v) is 7.21. The van der Waals surface area contributed by atoms with Crippen molar-refractivity contribution in [2.75, 3.05) is 72.1 Å². The van der Waals surface area contributed by atoms with Crippen LogP contribution in [0, 0.1) is 0 Å². The maximum Gasteiger partial charge on any atom is 0.317 e. The van der Waals surface area contributed by atoms with E-state index in [1.54, 1.807) is 31.7 Å². The van der Waals surface area contributed by atoms with E-state index in [4.69, 9.17) is 5.14 Å². The van der Waals surface area contributed by atoms with Crippen molar-refractivity contribution in [1.29, 1.82) is 0 Å². The van der Waals surface area contributed by atoms with E-state index in [-0.39, 0.29) is 89.2 Å². The Bertz CT molecular complexity index is 1900. The Balaban J connectivity index is 1.50. The zero-order valence-electron chi connectivity index (χ0n) is 30.7. The lowest BCUT2D eigenvalue weighted by Crippen LogP contribution is -2.50. The molecule has 3 aromatic rings. The Kier molecular flexibility index (Phi) is 16.2. The highest BCUT2D eigenvalue weighted by atomic mass is 32.2. The van der Waals surface area contributed by atoms with Crippen LogP contribution in [0.25, 0.3) is 10.8 Å². The first kappa shape index (κ1) is 43.0. The molecule has 1 heterocycles. The van der Waals surface area contributed by atoms with Gasteiger partial charge in [-0.25, -0.2) is 13.6 Å². The van der Waals surface area contributed by atoms with Gasteiger partial charge < -0.3 is 20.6 Å². The fourth-order valence-electron chi connectivity index (χ4n) is 6.70. The molecule has 1 aliphatic rings. The highest BCUT2D eigenvalue weighted by Gasteiger charge is 2.25. The first-order valence-electron chi connectivity index (χ1n) is 18.1. The number of aryl methyl sites for hydroxylation is 2. The van der Waals surface area contributed by atoms with Gasteiger partial charge in [-0.15, -0.1) is 0 Å². The molecule has 4 rings (SSSR count). The molecule has 0 saturated carbocycles. The molecular weight excluding hydrogens is 733 g/mol. The number of nitrogens with two attached hydrogens (primary N) is 1. The van der Waals surface area contributed by atoms with Gasteiger partial charge >= 0.3 is 17.9 Å². The van der Waals surface area contributed by atoms with E-state index in [1.165, 1.54) is 12.1 Å². The summed E-state index contributed by atoms with van der Waals surface area (Å²) in [5.41, 5.74) is 1.84. The van der Waals surface area contributed by atoms with Crippen molar-refractivity contribution in [2.24, 2.45) is 5.14 Å². The number of aliphatic carboxylic acids is 3. The van der Waals surface area contributed by atoms with Crippen LogP contribution >= 0.6 is 0 Å². The molecule has 1 amide bonds. The average molecular weight is 783 g/mol. The molecule has 6 N–H and O–H groups in total. The summed E-state index contributed by atoms with van der Waals surface area (Å²) in [4.78, 5) is 69.0. The number of benzene rings is 3. The molecule has 1 atom stereocenters. The number of primary sulfonamides is 1. The second kappa shape index (κ2) is 20.8. The molecule has 0 spiro atoms. The third-order valence-corrected chi connectivity index (χ3v) is 10.4. The Hall–Kier alpha value is -4.78. The average Bonchev–Trinajstić information content (AvgIpc) is 3.14. The number of hydrogen-bond donors (Lipinski definition) is 5. The molecule has 1 saturated heterocycles. The van der Waals surface area contributed by atoms with Crippen molar-refractivity contribution in [3.8, 4) is 0 Å². The molecule has 55 heavy (non-hydrogen) atoms. The van der Waals surface area contributed by atoms with Gasteiger partial charge in [0.1, 0.15) is 0 Å². The van der Waals surface area contributed by atoms with Gasteiger partial charge in [-0.2, -0.15) is 0 Å². The summed E-state index contributed by atoms with van der Waals surface area (Å²) in [6.07, 6.45) is 1.90. The third-order valence-electron chi connectivity index (χ3n) is 9.49. The van der Waals surface area contributed by atoms with Crippen molar-refractivity contribution in [3.05, 3.63) is 77.9 Å². The zero-order chi connectivity index (χ0) is 40.0. The molecule has 0 radical (unpaired) electrons. The standard InChI is InChI=1S/C38H50N6O10S/c39-55(53,54)31-14-11-28(12-15-31)5-3-10-34(45)33(16-13-30-8-4-7-29-6-1-2-9-32(29)30)40-35(46)23-43-21-19-41(24-36(47)48)17-18-42(25-37(49)50)20-22-44(27-43)26-38(51)52/h1-2,4,6-9,11-12,14-15,33H,3,5,10,13,16-27H2,(H,40,46)(H,47,48)(H,49,50)(H,51,52)(H2,39,53,54). The first-order chi connectivity index (χ1) is 26.2. The lowest BCUT2D eigenvalue weighted by Gasteiger charge is -2.31. The van der Waals surface area contributed by atoms with Crippen molar-refractivity contribution < 1.29 is 47.7 Å². The van der Waals surface area contributed by atoms with Crippen molar-refractivity contribution in [3.63, 3.8) is 0 Å². The van der Waals surface area contributed by atoms with Crippen LogP contribution in [0.1, 0.15) is 30.4 Å². The number of nitrogens with one attached hydrogen (secondary N) is 1. The SMILES string of the molecule is NS(=O)(=O)c1ccc(CCCC(=O)C(CCc2cccc3ccccc23)NC(=O)CN2CCN(CC(=O)O)CCN(CC(=O)O)CCN(CC(=O)O)C2)cc1. The number of amides is 1. The minimum atomic E-state index is -3.84. The predicted octanol–water partition coefficient (Wildman–Crippen LogP) is 0.930. The molecule has 0 aromatic heterocycles. The summed E-state index contributed by atoms with van der Waals surface area (Å²) in [6, 6.07) is 19.1. The molecule has 0 aliphatic carbocycles. The first-order valence-corrected chi connectivity index (χ1v) is 19.7. The van der Waals surface area contributed by atoms with E-state index in [9.17, 15) is 47.7 Å². The Morgan fingerprint density at radius 1 is 0.673 bits per heavy atom. The fraction of sp³-hybridized carbons (Fsp3) is 0.447. The van der Waals surface area contributed by atoms with Gasteiger partial charge in [-0.1, -0.05) is 54.6 Å². The predicted molar refractivity (Wildman–Crippen MR) is 204 cm³/mol. The summed E-state index contributed by atoms with van der Waals surface area (Å²) >= 11 is 0. The van der Waals surface area contributed by atoms with Gasteiger partial charge in [0.25, 0.3) is 0 Å². The molecule has 1 fully saturated rings. The third kappa shape index (κ3) is 14.8. The highest BCUT2D eigenvalue weighted by Crippen LogP contribution is 2.21. The van der Waals surface area contributed by atoms with Crippen LogP contribution in [0.4, 0.5) is 0 Å². The summed E-state index contributed by atoms with van der Waals surface area (Å²) in [7, 11) is -3.84. The lowest BCUT2D eigenvalue weighted by atomic mass is 9.95. The summed E-state index contributed by atoms with van der Waals surface area (Å²) in [6.45, 7) is 0.169. The van der Waals surface area contributed by atoms with Gasteiger partial charge in [0.2, 0.25) is 15.9 Å². The van der Waals surface area contributed by atoms with E-state index in [1.807, 2.05) is 42.5 Å². The van der Waals surface area contributed by atoms with Crippen LogP contribution in [0.3, 0.4) is 0 Å². The topological polar surface area (TPSA) is 231 Å². The summed E-state index contributed by atoms with van der Waals surface area (Å²) in [5.74, 6) is -3.87. The van der Waals surface area contributed by atoms with E-state index in [0.29, 0.717) is 25.7 Å². The van der Waals surface area contributed by atoms with Crippen LogP contribution in [0.5, 0.6) is 0 Å². The molecule has 0 bridgehead atoms. The minimum absolute atomic E-state index is 0.00821. The molecule has 1 unspecified atom stereocenters. The van der Waals surface area contributed by atoms with Crippen molar-refractivity contribution in [2.45, 2.75) is 43.0 Å². The quantitative estimate of drug-likeness (QED) is 0.121. The smallest absolute Gasteiger partial charge is 0.317 e. The van der Waals surface area contributed by atoms with Gasteiger partial charge in [-0.05, 0) is 59.7 Å². The monoisotopic (exact) mass is 782 g/mol. The number of fused-ring (bicyclic) bond motifs is 1. The van der Waals surface area contributed by atoms with Gasteiger partial charge in [0, 0.05) is 45.7 Å². The van der Waals surface area contributed by atoms with Crippen LogP contribution < -0.4 is 10.5 Å². The Morgan fingerprint density at radius 2 is 1.20 bits per heavy atom. The summed E-state index contributed by atoms with van der Waals surface area (Å²) < 4.78 is 23.3. The molecular formula is C38H50N6O10S. The Labute approximate surface area is 320 Å². The second-order valence-corrected chi connectivity index (χ2v) is 15.3. The van der Waals surface area contributed by atoms with Crippen molar-refractivity contribution >= 4 is 50.4 Å². The maximum atomic E-state index is 13.8. The number of ketones is 1. The van der Waals surface area contributed by atoms with Crippen LogP contribution in [-0.2, 0) is 46.8 Å². The number of carboxylic acids is 3. The number of hydrogen-bond acceptors (Lipinski definition) is 11. The number of nitrogens with zero attached hydrogens (tertiary/aromatic N) is 4. The van der Waals surface area contributed by atoms with Crippen molar-refractivity contribution in [1.82, 2.24) is 24.9 Å². The van der Waals surface area contributed by atoms with Crippen LogP contribution in [0.15, 0.2) is 71.6 Å². The van der Waals surface area contributed by atoms with Crippen LogP contribution in [0.2, 0.25) is 0 Å². The molecule has 16 nitrogen and oxygen atoms in total. The number of Topliss-reactive ketones (excluding diaryl/α,β-unsaturated/α-hetero) is 1. The van der Waals surface area contributed by atoms with Gasteiger partial charge in [-0.3, -0.25) is 43.6 Å². The van der Waals surface area contributed by atoms with Gasteiger partial charge in [0.05, 0.1) is 43.8 Å². The maximum absolute atomic E-state index is 13.8. The van der Waals surface area contributed by atoms with E-state index in [2.05, 4.69) is 5.32 Å². The number of rotatable bonds is 18. The highest BCUT2D eigenvalue weighted by molar-refractivity contribution is 7.89.